The largest absolute Gasteiger partial charge is 0.486 e. The molecule has 0 aliphatic carbocycles. The van der Waals surface area contributed by atoms with Crippen molar-refractivity contribution in [1.29, 1.82) is 0 Å². The Kier molecular flexibility index (Phi) is 7.29. The van der Waals surface area contributed by atoms with Crippen molar-refractivity contribution in [3.05, 3.63) is 78.1 Å². The van der Waals surface area contributed by atoms with Crippen LogP contribution in [0.3, 0.4) is 0 Å². The van der Waals surface area contributed by atoms with Crippen molar-refractivity contribution >= 4 is 34.1 Å². The van der Waals surface area contributed by atoms with E-state index in [-0.39, 0.29) is 11.7 Å². The maximum Gasteiger partial charge on any atom is 0.234 e. The van der Waals surface area contributed by atoms with Crippen molar-refractivity contribution in [2.75, 3.05) is 11.1 Å². The van der Waals surface area contributed by atoms with Crippen LogP contribution in [0.15, 0.2) is 71.9 Å². The van der Waals surface area contributed by atoms with Crippen LogP contribution in [0.5, 0.6) is 5.75 Å². The minimum Gasteiger partial charge on any atom is -0.486 e. The van der Waals surface area contributed by atoms with E-state index in [4.69, 9.17) is 4.74 Å². The molecule has 7 heteroatoms. The van der Waals surface area contributed by atoms with E-state index in [0.717, 1.165) is 28.0 Å². The lowest BCUT2D eigenvalue weighted by Gasteiger charge is -2.10. The fraction of sp³-hybridized carbons (Fsp3) is 0.269. The Morgan fingerprint density at radius 1 is 1.03 bits per heavy atom. The summed E-state index contributed by atoms with van der Waals surface area (Å²) in [5.74, 6) is 2.20. The van der Waals surface area contributed by atoms with Gasteiger partial charge in [0.1, 0.15) is 12.4 Å². The number of hydrogen-bond acceptors (Lipinski definition) is 5. The SMILES string of the molecule is CCn1c(COc2ccc(C(C)C)cc2)nnc1SCC(=O)Nc1ccc2ccccc2c1. The summed E-state index contributed by atoms with van der Waals surface area (Å²) < 4.78 is 7.89. The van der Waals surface area contributed by atoms with Gasteiger partial charge in [0.25, 0.3) is 0 Å². The average Bonchev–Trinajstić information content (AvgIpc) is 3.23. The molecular formula is C26H28N4O2S. The number of amides is 1. The molecule has 0 bridgehead atoms. The van der Waals surface area contributed by atoms with Crippen molar-refractivity contribution in [2.45, 2.75) is 45.0 Å². The monoisotopic (exact) mass is 460 g/mol. The summed E-state index contributed by atoms with van der Waals surface area (Å²) in [7, 11) is 0. The van der Waals surface area contributed by atoms with Gasteiger partial charge in [-0.25, -0.2) is 0 Å². The first-order valence-electron chi connectivity index (χ1n) is 11.1. The molecule has 0 spiro atoms. The van der Waals surface area contributed by atoms with E-state index in [1.54, 1.807) is 0 Å². The Hall–Kier alpha value is -3.32. The number of aromatic nitrogens is 3. The molecule has 1 heterocycles. The van der Waals surface area contributed by atoms with Gasteiger partial charge >= 0.3 is 0 Å². The first kappa shape index (κ1) is 22.9. The van der Waals surface area contributed by atoms with Gasteiger partial charge < -0.3 is 14.6 Å². The highest BCUT2D eigenvalue weighted by atomic mass is 32.2. The Morgan fingerprint density at radius 2 is 1.79 bits per heavy atom. The van der Waals surface area contributed by atoms with Gasteiger partial charge in [-0.1, -0.05) is 68.1 Å². The topological polar surface area (TPSA) is 69.0 Å². The second-order valence-corrected chi connectivity index (χ2v) is 9.00. The Labute approximate surface area is 198 Å². The summed E-state index contributed by atoms with van der Waals surface area (Å²) in [6.45, 7) is 7.39. The lowest BCUT2D eigenvalue weighted by atomic mass is 10.0. The molecule has 3 aromatic carbocycles. The molecule has 1 aromatic heterocycles. The number of fused-ring (bicyclic) bond motifs is 1. The number of carbonyl (C=O) groups excluding carboxylic acids is 1. The molecule has 170 valence electrons. The Bertz CT molecular complexity index is 1230. The number of hydrogen-bond donors (Lipinski definition) is 1. The fourth-order valence-electron chi connectivity index (χ4n) is 3.54. The molecule has 0 saturated carbocycles. The third kappa shape index (κ3) is 5.73. The van der Waals surface area contributed by atoms with Gasteiger partial charge in [0.05, 0.1) is 5.75 Å². The molecule has 1 amide bonds. The Morgan fingerprint density at radius 3 is 2.52 bits per heavy atom. The predicted octanol–water partition coefficient (Wildman–Crippen LogP) is 5.88. The molecule has 0 radical (unpaired) electrons. The zero-order valence-electron chi connectivity index (χ0n) is 19.1. The highest BCUT2D eigenvalue weighted by molar-refractivity contribution is 7.99. The summed E-state index contributed by atoms with van der Waals surface area (Å²) in [4.78, 5) is 12.5. The molecule has 4 aromatic rings. The van der Waals surface area contributed by atoms with E-state index in [0.29, 0.717) is 24.2 Å². The normalized spacial score (nSPS) is 11.2. The van der Waals surface area contributed by atoms with Gasteiger partial charge in [-0.3, -0.25) is 4.79 Å². The van der Waals surface area contributed by atoms with Crippen LogP contribution in [-0.2, 0) is 17.9 Å². The molecule has 1 N–H and O–H groups in total. The van der Waals surface area contributed by atoms with Crippen molar-refractivity contribution in [1.82, 2.24) is 14.8 Å². The van der Waals surface area contributed by atoms with E-state index in [2.05, 4.69) is 47.6 Å². The van der Waals surface area contributed by atoms with E-state index in [9.17, 15) is 4.79 Å². The zero-order chi connectivity index (χ0) is 23.2. The minimum absolute atomic E-state index is 0.0797. The lowest BCUT2D eigenvalue weighted by Crippen LogP contribution is -2.15. The number of nitrogens with one attached hydrogen (secondary N) is 1. The Balaban J connectivity index is 1.33. The zero-order valence-corrected chi connectivity index (χ0v) is 19.9. The first-order chi connectivity index (χ1) is 16.0. The van der Waals surface area contributed by atoms with E-state index < -0.39 is 0 Å². The van der Waals surface area contributed by atoms with Crippen LogP contribution in [-0.4, -0.2) is 26.4 Å². The van der Waals surface area contributed by atoms with Gasteiger partial charge in [0.2, 0.25) is 5.91 Å². The second kappa shape index (κ2) is 10.5. The molecule has 0 saturated heterocycles. The standard InChI is InChI=1S/C26H28N4O2S/c1-4-30-24(16-32-23-13-10-19(11-14-23)18(2)3)28-29-26(30)33-17-25(31)27-22-12-9-20-7-5-6-8-21(20)15-22/h5-15,18H,4,16-17H2,1-3H3,(H,27,31). The van der Waals surface area contributed by atoms with Crippen LogP contribution >= 0.6 is 11.8 Å². The summed E-state index contributed by atoms with van der Waals surface area (Å²) >= 11 is 1.37. The first-order valence-corrected chi connectivity index (χ1v) is 12.1. The number of benzene rings is 3. The maximum atomic E-state index is 12.5. The molecule has 0 fully saturated rings. The fourth-order valence-corrected chi connectivity index (χ4v) is 4.36. The van der Waals surface area contributed by atoms with E-state index in [1.165, 1.54) is 17.3 Å². The number of thioether (sulfide) groups is 1. The van der Waals surface area contributed by atoms with Crippen LogP contribution in [0.2, 0.25) is 0 Å². The number of ether oxygens (including phenoxy) is 1. The van der Waals surface area contributed by atoms with Crippen molar-refractivity contribution in [2.24, 2.45) is 0 Å². The average molecular weight is 461 g/mol. The summed E-state index contributed by atoms with van der Waals surface area (Å²) in [6, 6.07) is 22.1. The smallest absolute Gasteiger partial charge is 0.234 e. The van der Waals surface area contributed by atoms with Crippen molar-refractivity contribution in [3.63, 3.8) is 0 Å². The number of rotatable bonds is 9. The van der Waals surface area contributed by atoms with Crippen LogP contribution in [0.4, 0.5) is 5.69 Å². The quantitative estimate of drug-likeness (QED) is 0.316. The van der Waals surface area contributed by atoms with Gasteiger partial charge in [0.15, 0.2) is 11.0 Å². The molecule has 33 heavy (non-hydrogen) atoms. The molecule has 6 nitrogen and oxygen atoms in total. The van der Waals surface area contributed by atoms with Gasteiger partial charge in [0, 0.05) is 12.2 Å². The van der Waals surface area contributed by atoms with Crippen molar-refractivity contribution in [3.8, 4) is 5.75 Å². The molecule has 4 rings (SSSR count). The van der Waals surface area contributed by atoms with Gasteiger partial charge in [-0.05, 0) is 53.4 Å². The predicted molar refractivity (Wildman–Crippen MR) is 134 cm³/mol. The van der Waals surface area contributed by atoms with Crippen LogP contribution in [0.25, 0.3) is 10.8 Å². The third-order valence-electron chi connectivity index (χ3n) is 5.39. The molecular weight excluding hydrogens is 432 g/mol. The van der Waals surface area contributed by atoms with Gasteiger partial charge in [-0.15, -0.1) is 10.2 Å². The van der Waals surface area contributed by atoms with Crippen LogP contribution in [0, 0.1) is 0 Å². The molecule has 0 unspecified atom stereocenters. The van der Waals surface area contributed by atoms with E-state index in [1.807, 2.05) is 60.0 Å². The van der Waals surface area contributed by atoms with Crippen LogP contribution in [0.1, 0.15) is 38.1 Å². The van der Waals surface area contributed by atoms with E-state index >= 15 is 0 Å². The van der Waals surface area contributed by atoms with Crippen LogP contribution < -0.4 is 10.1 Å². The summed E-state index contributed by atoms with van der Waals surface area (Å²) in [5.41, 5.74) is 2.06. The summed E-state index contributed by atoms with van der Waals surface area (Å²) in [6.07, 6.45) is 0. The molecule has 0 aliphatic rings. The van der Waals surface area contributed by atoms with Crippen molar-refractivity contribution < 1.29 is 9.53 Å². The minimum atomic E-state index is -0.0797. The van der Waals surface area contributed by atoms with Gasteiger partial charge in [-0.2, -0.15) is 0 Å². The second-order valence-electron chi connectivity index (χ2n) is 8.05. The molecule has 0 aliphatic heterocycles. The third-order valence-corrected chi connectivity index (χ3v) is 6.36. The lowest BCUT2D eigenvalue weighted by molar-refractivity contribution is -0.113. The highest BCUT2D eigenvalue weighted by Crippen LogP contribution is 2.22. The number of nitrogens with zero attached hydrogens (tertiary/aromatic N) is 3. The number of anilines is 1. The summed E-state index contributed by atoms with van der Waals surface area (Å²) in [5, 5.41) is 14.5. The molecule has 0 atom stereocenters. The highest BCUT2D eigenvalue weighted by Gasteiger charge is 2.14. The number of carbonyl (C=O) groups is 1. The maximum absolute atomic E-state index is 12.5.